The van der Waals surface area contributed by atoms with E-state index in [1.165, 1.54) is 11.1 Å². The summed E-state index contributed by atoms with van der Waals surface area (Å²) in [5.41, 5.74) is 2.50. The van der Waals surface area contributed by atoms with Crippen molar-refractivity contribution in [3.8, 4) is 5.75 Å². The van der Waals surface area contributed by atoms with Crippen molar-refractivity contribution in [2.24, 2.45) is 0 Å². The summed E-state index contributed by atoms with van der Waals surface area (Å²) in [6, 6.07) is 6.86. The molecule has 0 aliphatic heterocycles. The van der Waals surface area contributed by atoms with Crippen LogP contribution in [0.25, 0.3) is 0 Å². The first-order chi connectivity index (χ1) is 7.59. The van der Waals surface area contributed by atoms with Gasteiger partial charge in [0.1, 0.15) is 5.75 Å². The van der Waals surface area contributed by atoms with Crippen LogP contribution in [0.3, 0.4) is 0 Å². The van der Waals surface area contributed by atoms with Crippen molar-refractivity contribution in [3.05, 3.63) is 29.3 Å². The van der Waals surface area contributed by atoms with E-state index in [1.807, 2.05) is 0 Å². The van der Waals surface area contributed by atoms with E-state index in [0.717, 1.165) is 25.3 Å². The Balaban J connectivity index is 2.27. The molecule has 2 nitrogen and oxygen atoms in total. The predicted octanol–water partition coefficient (Wildman–Crippen LogP) is 3.07. The van der Waals surface area contributed by atoms with Gasteiger partial charge in [-0.1, -0.05) is 31.5 Å². The van der Waals surface area contributed by atoms with Gasteiger partial charge in [0.25, 0.3) is 0 Å². The maximum absolute atomic E-state index is 5.73. The molecule has 1 aromatic carbocycles. The predicted molar refractivity (Wildman–Crippen MR) is 69.2 cm³/mol. The third-order valence-corrected chi connectivity index (χ3v) is 2.46. The van der Waals surface area contributed by atoms with Gasteiger partial charge < -0.3 is 10.1 Å². The highest BCUT2D eigenvalue weighted by atomic mass is 16.5. The zero-order valence-electron chi connectivity index (χ0n) is 10.8. The van der Waals surface area contributed by atoms with Gasteiger partial charge in [0.15, 0.2) is 0 Å². The minimum atomic E-state index is 0.557. The Morgan fingerprint density at radius 2 is 2.00 bits per heavy atom. The summed E-state index contributed by atoms with van der Waals surface area (Å²) < 4.78 is 5.73. The number of rotatable bonds is 6. The number of ether oxygens (including phenoxy) is 1. The van der Waals surface area contributed by atoms with E-state index in [0.29, 0.717) is 6.04 Å². The van der Waals surface area contributed by atoms with Crippen LogP contribution in [0.5, 0.6) is 5.75 Å². The lowest BCUT2D eigenvalue weighted by Gasteiger charge is -2.11. The van der Waals surface area contributed by atoms with E-state index in [1.54, 1.807) is 0 Å². The third kappa shape index (κ3) is 4.67. The van der Waals surface area contributed by atoms with Gasteiger partial charge in [-0.15, -0.1) is 0 Å². The first-order valence-electron chi connectivity index (χ1n) is 6.03. The zero-order chi connectivity index (χ0) is 12.0. The van der Waals surface area contributed by atoms with Gasteiger partial charge in [0.05, 0.1) is 6.61 Å². The summed E-state index contributed by atoms with van der Waals surface area (Å²) in [6.45, 7) is 10.3. The summed E-state index contributed by atoms with van der Waals surface area (Å²) in [7, 11) is 0. The normalized spacial score (nSPS) is 10.8. The molecule has 1 aromatic rings. The lowest BCUT2D eigenvalue weighted by molar-refractivity contribution is 0.304. The molecule has 0 radical (unpaired) electrons. The Bertz CT molecular complexity index is 321. The lowest BCUT2D eigenvalue weighted by Crippen LogP contribution is -2.24. The molecule has 2 heteroatoms. The molecule has 0 bridgehead atoms. The molecule has 0 spiro atoms. The molecule has 0 saturated carbocycles. The molecular formula is C14H23NO. The summed E-state index contributed by atoms with van der Waals surface area (Å²) in [6.07, 6.45) is 1.05. The Hall–Kier alpha value is -1.02. The molecule has 0 fully saturated rings. The average molecular weight is 221 g/mol. The van der Waals surface area contributed by atoms with Crippen LogP contribution in [-0.2, 0) is 0 Å². The van der Waals surface area contributed by atoms with Crippen molar-refractivity contribution in [1.29, 1.82) is 0 Å². The van der Waals surface area contributed by atoms with E-state index in [-0.39, 0.29) is 0 Å². The maximum Gasteiger partial charge on any atom is 0.122 e. The van der Waals surface area contributed by atoms with Crippen LogP contribution in [-0.4, -0.2) is 19.2 Å². The summed E-state index contributed by atoms with van der Waals surface area (Å²) >= 11 is 0. The highest BCUT2D eigenvalue weighted by Gasteiger charge is 1.99. The minimum absolute atomic E-state index is 0.557. The number of hydrogen-bond donors (Lipinski definition) is 1. The van der Waals surface area contributed by atoms with Crippen molar-refractivity contribution >= 4 is 0 Å². The van der Waals surface area contributed by atoms with E-state index in [9.17, 15) is 0 Å². The molecule has 0 saturated heterocycles. The lowest BCUT2D eigenvalue weighted by atomic mass is 10.1. The quantitative estimate of drug-likeness (QED) is 0.745. The smallest absolute Gasteiger partial charge is 0.122 e. The number of nitrogens with one attached hydrogen (secondary N) is 1. The second-order valence-electron chi connectivity index (χ2n) is 4.58. The minimum Gasteiger partial charge on any atom is -0.493 e. The fourth-order valence-electron chi connectivity index (χ4n) is 1.61. The molecule has 1 rings (SSSR count). The molecule has 16 heavy (non-hydrogen) atoms. The van der Waals surface area contributed by atoms with E-state index in [4.69, 9.17) is 4.74 Å². The maximum atomic E-state index is 5.73. The molecule has 1 N–H and O–H groups in total. The molecular weight excluding hydrogens is 198 g/mol. The van der Waals surface area contributed by atoms with Crippen LogP contribution in [0, 0.1) is 13.8 Å². The Morgan fingerprint density at radius 1 is 1.25 bits per heavy atom. The second-order valence-corrected chi connectivity index (χ2v) is 4.58. The standard InChI is InChI=1S/C14H23NO/c1-11(2)15-8-5-9-16-14-7-6-12(3)10-13(14)4/h6-7,10-11,15H,5,8-9H2,1-4H3. The highest BCUT2D eigenvalue weighted by Crippen LogP contribution is 2.18. The Morgan fingerprint density at radius 3 is 2.62 bits per heavy atom. The first-order valence-corrected chi connectivity index (χ1v) is 6.03. The van der Waals surface area contributed by atoms with E-state index in [2.05, 4.69) is 51.2 Å². The Labute approximate surface area is 99.0 Å². The molecule has 0 amide bonds. The number of benzene rings is 1. The van der Waals surface area contributed by atoms with Gasteiger partial charge >= 0.3 is 0 Å². The first kappa shape index (κ1) is 13.0. The molecule has 0 atom stereocenters. The van der Waals surface area contributed by atoms with Crippen molar-refractivity contribution in [2.45, 2.75) is 40.2 Å². The molecule has 0 aliphatic rings. The van der Waals surface area contributed by atoms with Crippen molar-refractivity contribution in [2.75, 3.05) is 13.2 Å². The van der Waals surface area contributed by atoms with Crippen LogP contribution in [0.4, 0.5) is 0 Å². The van der Waals surface area contributed by atoms with Gasteiger partial charge in [0.2, 0.25) is 0 Å². The number of aryl methyl sites for hydroxylation is 2. The molecule has 0 heterocycles. The molecule has 0 aromatic heterocycles. The fraction of sp³-hybridized carbons (Fsp3) is 0.571. The van der Waals surface area contributed by atoms with Gasteiger partial charge in [-0.2, -0.15) is 0 Å². The second kappa shape index (κ2) is 6.54. The topological polar surface area (TPSA) is 21.3 Å². The van der Waals surface area contributed by atoms with Crippen molar-refractivity contribution < 1.29 is 4.74 Å². The van der Waals surface area contributed by atoms with Gasteiger partial charge in [0, 0.05) is 6.04 Å². The average Bonchev–Trinajstić information content (AvgIpc) is 2.20. The largest absolute Gasteiger partial charge is 0.493 e. The van der Waals surface area contributed by atoms with Gasteiger partial charge in [-0.05, 0) is 38.4 Å². The summed E-state index contributed by atoms with van der Waals surface area (Å²) in [5, 5.41) is 3.38. The van der Waals surface area contributed by atoms with Crippen molar-refractivity contribution in [3.63, 3.8) is 0 Å². The summed E-state index contributed by atoms with van der Waals surface area (Å²) in [5.74, 6) is 1.01. The zero-order valence-corrected chi connectivity index (χ0v) is 10.8. The Kier molecular flexibility index (Phi) is 5.33. The van der Waals surface area contributed by atoms with Gasteiger partial charge in [-0.3, -0.25) is 0 Å². The number of hydrogen-bond acceptors (Lipinski definition) is 2. The molecule has 0 unspecified atom stereocenters. The highest BCUT2D eigenvalue weighted by molar-refractivity contribution is 5.35. The third-order valence-electron chi connectivity index (χ3n) is 2.46. The van der Waals surface area contributed by atoms with Crippen molar-refractivity contribution in [1.82, 2.24) is 5.32 Å². The van der Waals surface area contributed by atoms with Crippen LogP contribution in [0.1, 0.15) is 31.4 Å². The van der Waals surface area contributed by atoms with Crippen LogP contribution < -0.4 is 10.1 Å². The SMILES string of the molecule is Cc1ccc(OCCCNC(C)C)c(C)c1. The van der Waals surface area contributed by atoms with E-state index < -0.39 is 0 Å². The van der Waals surface area contributed by atoms with Crippen LogP contribution in [0.15, 0.2) is 18.2 Å². The van der Waals surface area contributed by atoms with Gasteiger partial charge in [-0.25, -0.2) is 0 Å². The summed E-state index contributed by atoms with van der Waals surface area (Å²) in [4.78, 5) is 0. The van der Waals surface area contributed by atoms with E-state index >= 15 is 0 Å². The van der Waals surface area contributed by atoms with Crippen LogP contribution >= 0.6 is 0 Å². The monoisotopic (exact) mass is 221 g/mol. The van der Waals surface area contributed by atoms with Crippen LogP contribution in [0.2, 0.25) is 0 Å². The molecule has 0 aliphatic carbocycles. The molecule has 90 valence electrons. The fourth-order valence-corrected chi connectivity index (χ4v) is 1.61.